The van der Waals surface area contributed by atoms with Crippen molar-refractivity contribution in [2.75, 3.05) is 26.7 Å². The second-order valence-corrected chi connectivity index (χ2v) is 6.41. The van der Waals surface area contributed by atoms with Crippen LogP contribution in [-0.2, 0) is 17.9 Å². The quantitative estimate of drug-likeness (QED) is 0.729. The van der Waals surface area contributed by atoms with Crippen LogP contribution < -0.4 is 4.74 Å². The zero-order valence-electron chi connectivity index (χ0n) is 14.8. The molecule has 0 atom stereocenters. The van der Waals surface area contributed by atoms with Crippen molar-refractivity contribution in [2.45, 2.75) is 32.9 Å². The van der Waals surface area contributed by atoms with Gasteiger partial charge in [0.25, 0.3) is 0 Å². The molecule has 1 amide bonds. The van der Waals surface area contributed by atoms with Gasteiger partial charge in [-0.25, -0.2) is 4.63 Å². The molecule has 1 fully saturated rings. The highest BCUT2D eigenvalue weighted by molar-refractivity contribution is 5.78. The van der Waals surface area contributed by atoms with Crippen molar-refractivity contribution in [1.29, 1.82) is 0 Å². The van der Waals surface area contributed by atoms with Crippen molar-refractivity contribution in [1.82, 2.24) is 20.1 Å². The maximum Gasteiger partial charge on any atom is 0.222 e. The molecule has 0 aliphatic carbocycles. The lowest BCUT2D eigenvalue weighted by Gasteiger charge is -2.19. The summed E-state index contributed by atoms with van der Waals surface area (Å²) in [7, 11) is 2.02. The number of amides is 1. The molecular weight excluding hydrogens is 320 g/mol. The van der Waals surface area contributed by atoms with Crippen LogP contribution in [0.3, 0.4) is 0 Å². The number of aryl methyl sites for hydroxylation is 1. The summed E-state index contributed by atoms with van der Waals surface area (Å²) in [5.74, 6) is 1.09. The standard InChI is InChI=1S/C18H24N4O3/c1-14-16(20-25-19-14)13-21(2)12-15-6-3-4-7-17(15)24-11-10-22-9-5-8-18(22)23/h3-4,6-7H,5,8-13H2,1-2H3. The van der Waals surface area contributed by atoms with Crippen molar-refractivity contribution in [3.05, 3.63) is 41.2 Å². The number of hydrogen-bond acceptors (Lipinski definition) is 6. The third-order valence-corrected chi connectivity index (χ3v) is 4.37. The number of hydrogen-bond donors (Lipinski definition) is 0. The summed E-state index contributed by atoms with van der Waals surface area (Å²) >= 11 is 0. The van der Waals surface area contributed by atoms with Gasteiger partial charge in [0.1, 0.15) is 23.7 Å². The lowest BCUT2D eigenvalue weighted by Crippen LogP contribution is -2.29. The number of likely N-dealkylation sites (tertiary alicyclic amines) is 1. The molecule has 2 heterocycles. The smallest absolute Gasteiger partial charge is 0.222 e. The van der Waals surface area contributed by atoms with Crippen molar-refractivity contribution >= 4 is 5.91 Å². The molecule has 7 heteroatoms. The minimum absolute atomic E-state index is 0.230. The number of aromatic nitrogens is 2. The van der Waals surface area contributed by atoms with Crippen molar-refractivity contribution in [3.63, 3.8) is 0 Å². The molecule has 0 bridgehead atoms. The van der Waals surface area contributed by atoms with Gasteiger partial charge < -0.3 is 9.64 Å². The number of rotatable bonds is 8. The Morgan fingerprint density at radius 1 is 1.28 bits per heavy atom. The van der Waals surface area contributed by atoms with Gasteiger partial charge in [0.2, 0.25) is 5.91 Å². The minimum atomic E-state index is 0.230. The zero-order chi connectivity index (χ0) is 17.6. The Kier molecular flexibility index (Phi) is 5.65. The lowest BCUT2D eigenvalue weighted by molar-refractivity contribution is -0.128. The van der Waals surface area contributed by atoms with Gasteiger partial charge in [-0.15, -0.1) is 0 Å². The highest BCUT2D eigenvalue weighted by Crippen LogP contribution is 2.20. The van der Waals surface area contributed by atoms with Gasteiger partial charge in [-0.05, 0) is 26.5 Å². The first kappa shape index (κ1) is 17.4. The van der Waals surface area contributed by atoms with Gasteiger partial charge in [-0.2, -0.15) is 0 Å². The summed E-state index contributed by atoms with van der Waals surface area (Å²) in [6.07, 6.45) is 1.62. The molecule has 1 aliphatic rings. The molecule has 1 aliphatic heterocycles. The Morgan fingerprint density at radius 2 is 2.12 bits per heavy atom. The van der Waals surface area contributed by atoms with E-state index < -0.39 is 0 Å². The molecule has 2 aromatic rings. The Labute approximate surface area is 147 Å². The van der Waals surface area contributed by atoms with Crippen LogP contribution in [0.2, 0.25) is 0 Å². The van der Waals surface area contributed by atoms with E-state index in [0.29, 0.717) is 26.1 Å². The predicted molar refractivity (Wildman–Crippen MR) is 92.0 cm³/mol. The fourth-order valence-electron chi connectivity index (χ4n) is 2.98. The van der Waals surface area contributed by atoms with E-state index in [1.165, 1.54) is 0 Å². The summed E-state index contributed by atoms with van der Waals surface area (Å²) in [5, 5.41) is 7.73. The SMILES string of the molecule is Cc1nonc1CN(C)Cc1ccccc1OCCN1CCCC1=O. The average molecular weight is 344 g/mol. The summed E-state index contributed by atoms with van der Waals surface area (Å²) in [4.78, 5) is 15.7. The molecule has 134 valence electrons. The summed E-state index contributed by atoms with van der Waals surface area (Å²) < 4.78 is 10.7. The van der Waals surface area contributed by atoms with E-state index in [1.807, 2.05) is 37.1 Å². The number of carbonyl (C=O) groups excluding carboxylic acids is 1. The topological polar surface area (TPSA) is 71.7 Å². The molecule has 0 unspecified atom stereocenters. The molecule has 25 heavy (non-hydrogen) atoms. The highest BCUT2D eigenvalue weighted by atomic mass is 16.6. The highest BCUT2D eigenvalue weighted by Gasteiger charge is 2.19. The Hall–Kier alpha value is -2.41. The molecule has 1 saturated heterocycles. The van der Waals surface area contributed by atoms with E-state index in [1.54, 1.807) is 0 Å². The number of benzene rings is 1. The lowest BCUT2D eigenvalue weighted by atomic mass is 10.2. The molecule has 3 rings (SSSR count). The number of ether oxygens (including phenoxy) is 1. The van der Waals surface area contributed by atoms with Gasteiger partial charge in [0, 0.05) is 31.6 Å². The Bertz CT molecular complexity index is 716. The molecule has 0 radical (unpaired) electrons. The van der Waals surface area contributed by atoms with Crippen molar-refractivity contribution in [2.24, 2.45) is 0 Å². The minimum Gasteiger partial charge on any atom is -0.491 e. The van der Waals surface area contributed by atoms with Crippen LogP contribution in [-0.4, -0.2) is 52.8 Å². The van der Waals surface area contributed by atoms with E-state index in [9.17, 15) is 4.79 Å². The maximum absolute atomic E-state index is 11.7. The summed E-state index contributed by atoms with van der Waals surface area (Å²) in [6, 6.07) is 7.99. The fourth-order valence-corrected chi connectivity index (χ4v) is 2.98. The predicted octanol–water partition coefficient (Wildman–Crippen LogP) is 2.01. The Balaban J connectivity index is 1.54. The normalized spacial score (nSPS) is 14.5. The van der Waals surface area contributed by atoms with Crippen LogP contribution >= 0.6 is 0 Å². The average Bonchev–Trinajstić information content (AvgIpc) is 3.18. The molecule has 1 aromatic carbocycles. The van der Waals surface area contributed by atoms with E-state index in [-0.39, 0.29) is 5.91 Å². The number of nitrogens with zero attached hydrogens (tertiary/aromatic N) is 4. The molecule has 0 spiro atoms. The van der Waals surface area contributed by atoms with Crippen LogP contribution in [0.15, 0.2) is 28.9 Å². The van der Waals surface area contributed by atoms with Crippen molar-refractivity contribution < 1.29 is 14.2 Å². The van der Waals surface area contributed by atoms with E-state index in [0.717, 1.165) is 42.2 Å². The van der Waals surface area contributed by atoms with Crippen LogP contribution in [0.25, 0.3) is 0 Å². The molecule has 1 aromatic heterocycles. The zero-order valence-corrected chi connectivity index (χ0v) is 14.8. The molecular formula is C18H24N4O3. The van der Waals surface area contributed by atoms with E-state index >= 15 is 0 Å². The largest absolute Gasteiger partial charge is 0.491 e. The second-order valence-electron chi connectivity index (χ2n) is 6.41. The van der Waals surface area contributed by atoms with Gasteiger partial charge in [0.05, 0.1) is 6.54 Å². The second kappa shape index (κ2) is 8.11. The van der Waals surface area contributed by atoms with Crippen LogP contribution in [0.1, 0.15) is 29.8 Å². The summed E-state index contributed by atoms with van der Waals surface area (Å²) in [5.41, 5.74) is 2.76. The number of carbonyl (C=O) groups is 1. The van der Waals surface area contributed by atoms with Crippen LogP contribution in [0.4, 0.5) is 0 Å². The van der Waals surface area contributed by atoms with Crippen molar-refractivity contribution in [3.8, 4) is 5.75 Å². The van der Waals surface area contributed by atoms with Gasteiger partial charge >= 0.3 is 0 Å². The van der Waals surface area contributed by atoms with Gasteiger partial charge in [-0.1, -0.05) is 28.5 Å². The fraction of sp³-hybridized carbons (Fsp3) is 0.500. The van der Waals surface area contributed by atoms with Gasteiger partial charge in [-0.3, -0.25) is 9.69 Å². The first-order valence-electron chi connectivity index (χ1n) is 8.58. The third kappa shape index (κ3) is 4.57. The summed E-state index contributed by atoms with van der Waals surface area (Å²) in [6.45, 7) is 5.27. The van der Waals surface area contributed by atoms with E-state index in [4.69, 9.17) is 9.37 Å². The Morgan fingerprint density at radius 3 is 2.84 bits per heavy atom. The first-order chi connectivity index (χ1) is 12.1. The van der Waals surface area contributed by atoms with E-state index in [2.05, 4.69) is 21.3 Å². The van der Waals surface area contributed by atoms with Gasteiger partial charge in [0.15, 0.2) is 0 Å². The molecule has 0 saturated carbocycles. The monoisotopic (exact) mass is 344 g/mol. The maximum atomic E-state index is 11.7. The molecule has 0 N–H and O–H groups in total. The number of para-hydroxylation sites is 1. The van der Waals surface area contributed by atoms with Crippen LogP contribution in [0.5, 0.6) is 5.75 Å². The van der Waals surface area contributed by atoms with Crippen LogP contribution in [0, 0.1) is 6.92 Å². The first-order valence-corrected chi connectivity index (χ1v) is 8.58. The molecule has 7 nitrogen and oxygen atoms in total. The third-order valence-electron chi connectivity index (χ3n) is 4.37.